The summed E-state index contributed by atoms with van der Waals surface area (Å²) in [6.07, 6.45) is 2.73. The van der Waals surface area contributed by atoms with Gasteiger partial charge in [0, 0.05) is 23.2 Å². The lowest BCUT2D eigenvalue weighted by atomic mass is 10.2. The molecule has 0 aliphatic rings. The second-order valence-corrected chi connectivity index (χ2v) is 6.05. The van der Waals surface area contributed by atoms with Crippen LogP contribution in [-0.4, -0.2) is 21.0 Å². The van der Waals surface area contributed by atoms with Crippen LogP contribution in [-0.2, 0) is 4.79 Å². The highest BCUT2D eigenvalue weighted by atomic mass is 35.5. The Hall–Kier alpha value is -3.23. The van der Waals surface area contributed by atoms with Crippen LogP contribution in [0.25, 0.3) is 17.5 Å². The van der Waals surface area contributed by atoms with Gasteiger partial charge in [-0.2, -0.15) is 0 Å². The summed E-state index contributed by atoms with van der Waals surface area (Å²) < 4.78 is 5.36. The van der Waals surface area contributed by atoms with Crippen molar-refractivity contribution in [2.75, 3.05) is 5.32 Å². The topological polar surface area (TPSA) is 111 Å². The molecule has 27 heavy (non-hydrogen) atoms. The van der Waals surface area contributed by atoms with E-state index < -0.39 is 10.8 Å². The molecular formula is C17H10Cl2N4O4. The highest BCUT2D eigenvalue weighted by molar-refractivity contribution is 6.36. The number of benzene rings is 2. The maximum absolute atomic E-state index is 11.9. The Morgan fingerprint density at radius 3 is 2.56 bits per heavy atom. The molecule has 1 N–H and O–H groups in total. The molecule has 0 spiro atoms. The first-order chi connectivity index (χ1) is 12.9. The fraction of sp³-hybridized carbons (Fsp3) is 0. The van der Waals surface area contributed by atoms with Crippen LogP contribution in [0.3, 0.4) is 0 Å². The van der Waals surface area contributed by atoms with Gasteiger partial charge in [-0.25, -0.2) is 0 Å². The van der Waals surface area contributed by atoms with E-state index in [1.165, 1.54) is 42.5 Å². The molecule has 0 saturated heterocycles. The lowest BCUT2D eigenvalue weighted by Gasteiger charge is -1.99. The van der Waals surface area contributed by atoms with Crippen molar-refractivity contribution in [3.8, 4) is 11.5 Å². The van der Waals surface area contributed by atoms with Gasteiger partial charge in [-0.05, 0) is 42.0 Å². The van der Waals surface area contributed by atoms with Crippen LogP contribution in [0.2, 0.25) is 10.0 Å². The average Bonchev–Trinajstić information content (AvgIpc) is 3.08. The Kier molecular flexibility index (Phi) is 5.49. The van der Waals surface area contributed by atoms with Gasteiger partial charge in [-0.1, -0.05) is 28.3 Å². The fourth-order valence-corrected chi connectivity index (χ4v) is 2.56. The lowest BCUT2D eigenvalue weighted by molar-refractivity contribution is -0.384. The molecule has 1 heterocycles. The summed E-state index contributed by atoms with van der Waals surface area (Å²) in [5.74, 6) is -0.378. The molecule has 0 radical (unpaired) electrons. The number of nitrogens with one attached hydrogen (secondary N) is 1. The van der Waals surface area contributed by atoms with Gasteiger partial charge in [0.1, 0.15) is 0 Å². The number of aromatic nitrogens is 2. The number of halogens is 2. The minimum absolute atomic E-state index is 0.0316. The van der Waals surface area contributed by atoms with E-state index in [4.69, 9.17) is 27.6 Å². The van der Waals surface area contributed by atoms with E-state index in [1.54, 1.807) is 12.1 Å². The van der Waals surface area contributed by atoms with Crippen LogP contribution < -0.4 is 5.32 Å². The van der Waals surface area contributed by atoms with Crippen molar-refractivity contribution in [2.45, 2.75) is 0 Å². The average molecular weight is 405 g/mol. The van der Waals surface area contributed by atoms with Crippen molar-refractivity contribution in [2.24, 2.45) is 0 Å². The number of non-ortho nitro benzene ring substituents is 1. The van der Waals surface area contributed by atoms with Gasteiger partial charge >= 0.3 is 6.01 Å². The molecule has 0 aliphatic carbocycles. The minimum Gasteiger partial charge on any atom is -0.403 e. The van der Waals surface area contributed by atoms with Crippen LogP contribution in [0.1, 0.15) is 5.56 Å². The zero-order chi connectivity index (χ0) is 19.4. The summed E-state index contributed by atoms with van der Waals surface area (Å²) in [7, 11) is 0. The number of hydrogen-bond donors (Lipinski definition) is 1. The highest BCUT2D eigenvalue weighted by Crippen LogP contribution is 2.30. The number of nitro groups is 1. The molecule has 10 heteroatoms. The quantitative estimate of drug-likeness (QED) is 0.377. The SMILES string of the molecule is O=C(C=Cc1ccc([N+](=O)[O-])cc1)Nc1nnc(-c2ccc(Cl)cc2Cl)o1. The molecule has 8 nitrogen and oxygen atoms in total. The number of nitro benzene ring substituents is 1. The Morgan fingerprint density at radius 2 is 1.89 bits per heavy atom. The van der Waals surface area contributed by atoms with Crippen LogP contribution in [0, 0.1) is 10.1 Å². The van der Waals surface area contributed by atoms with Crippen molar-refractivity contribution < 1.29 is 14.1 Å². The summed E-state index contributed by atoms with van der Waals surface area (Å²) >= 11 is 11.9. The van der Waals surface area contributed by atoms with Gasteiger partial charge in [0.2, 0.25) is 0 Å². The number of carbonyl (C=O) groups is 1. The maximum atomic E-state index is 11.9. The second kappa shape index (κ2) is 7.98. The smallest absolute Gasteiger partial charge is 0.322 e. The molecule has 0 unspecified atom stereocenters. The number of nitrogens with zero attached hydrogens (tertiary/aromatic N) is 3. The molecule has 0 bridgehead atoms. The molecule has 0 atom stereocenters. The van der Waals surface area contributed by atoms with E-state index in [0.29, 0.717) is 21.2 Å². The number of amides is 1. The lowest BCUT2D eigenvalue weighted by Crippen LogP contribution is -2.07. The Bertz CT molecular complexity index is 1030. The molecule has 1 aromatic heterocycles. The van der Waals surface area contributed by atoms with E-state index in [9.17, 15) is 14.9 Å². The van der Waals surface area contributed by atoms with Gasteiger partial charge in [0.05, 0.1) is 15.5 Å². The molecule has 0 aliphatic heterocycles. The normalized spacial score (nSPS) is 10.9. The molecule has 1 amide bonds. The van der Waals surface area contributed by atoms with Crippen molar-refractivity contribution in [3.05, 3.63) is 74.3 Å². The van der Waals surface area contributed by atoms with E-state index in [1.807, 2.05) is 0 Å². The monoisotopic (exact) mass is 404 g/mol. The predicted octanol–water partition coefficient (Wildman–Crippen LogP) is 4.60. The Balaban J connectivity index is 1.66. The molecular weight excluding hydrogens is 395 g/mol. The van der Waals surface area contributed by atoms with Gasteiger partial charge in [-0.3, -0.25) is 20.2 Å². The van der Waals surface area contributed by atoms with Gasteiger partial charge < -0.3 is 4.42 Å². The number of carbonyl (C=O) groups excluding carboxylic acids is 1. The largest absolute Gasteiger partial charge is 0.403 e. The Morgan fingerprint density at radius 1 is 1.15 bits per heavy atom. The van der Waals surface area contributed by atoms with Crippen molar-refractivity contribution in [1.29, 1.82) is 0 Å². The zero-order valence-corrected chi connectivity index (χ0v) is 14.9. The summed E-state index contributed by atoms with van der Waals surface area (Å²) in [5, 5.41) is 21.4. The Labute approximate surface area is 162 Å². The van der Waals surface area contributed by atoms with Crippen LogP contribution in [0.15, 0.2) is 53.0 Å². The number of hydrogen-bond acceptors (Lipinski definition) is 6. The van der Waals surface area contributed by atoms with Crippen molar-refractivity contribution in [1.82, 2.24) is 10.2 Å². The first-order valence-electron chi connectivity index (χ1n) is 7.45. The molecule has 2 aromatic carbocycles. The van der Waals surface area contributed by atoms with Crippen LogP contribution in [0.4, 0.5) is 11.7 Å². The maximum Gasteiger partial charge on any atom is 0.322 e. The summed E-state index contributed by atoms with van der Waals surface area (Å²) in [6.45, 7) is 0. The molecule has 136 valence electrons. The van der Waals surface area contributed by atoms with Crippen LogP contribution in [0.5, 0.6) is 0 Å². The minimum atomic E-state index is -0.509. The first-order valence-corrected chi connectivity index (χ1v) is 8.20. The highest BCUT2D eigenvalue weighted by Gasteiger charge is 2.13. The fourth-order valence-electron chi connectivity index (χ4n) is 2.07. The summed E-state index contributed by atoms with van der Waals surface area (Å²) in [6, 6.07) is 10.4. The molecule has 0 saturated carbocycles. The zero-order valence-electron chi connectivity index (χ0n) is 13.4. The van der Waals surface area contributed by atoms with Crippen molar-refractivity contribution >= 4 is 46.9 Å². The number of rotatable bonds is 5. The van der Waals surface area contributed by atoms with E-state index in [0.717, 1.165) is 0 Å². The number of anilines is 1. The third-order valence-corrected chi connectivity index (χ3v) is 3.90. The van der Waals surface area contributed by atoms with Crippen molar-refractivity contribution in [3.63, 3.8) is 0 Å². The first kappa shape index (κ1) is 18.6. The predicted molar refractivity (Wildman–Crippen MR) is 101 cm³/mol. The second-order valence-electron chi connectivity index (χ2n) is 5.21. The van der Waals surface area contributed by atoms with Gasteiger partial charge in [-0.15, -0.1) is 5.10 Å². The van der Waals surface area contributed by atoms with Gasteiger partial charge in [0.25, 0.3) is 17.5 Å². The molecule has 3 aromatic rings. The van der Waals surface area contributed by atoms with Gasteiger partial charge in [0.15, 0.2) is 0 Å². The van der Waals surface area contributed by atoms with E-state index >= 15 is 0 Å². The third-order valence-electron chi connectivity index (χ3n) is 3.35. The van der Waals surface area contributed by atoms with E-state index in [2.05, 4.69) is 15.5 Å². The summed E-state index contributed by atoms with van der Waals surface area (Å²) in [4.78, 5) is 22.1. The van der Waals surface area contributed by atoms with E-state index in [-0.39, 0.29) is 17.6 Å². The molecule has 3 rings (SSSR count). The standard InChI is InChI=1S/C17H10Cl2N4O4/c18-11-4-7-13(14(19)9-11)16-21-22-17(27-16)20-15(24)8-3-10-1-5-12(6-2-10)23(25)26/h1-9H,(H,20,22,24). The molecule has 0 fully saturated rings. The third kappa shape index (κ3) is 4.69. The van der Waals surface area contributed by atoms with Crippen LogP contribution >= 0.6 is 23.2 Å². The summed E-state index contributed by atoms with van der Waals surface area (Å²) in [5.41, 5.74) is 1.07.